The third kappa shape index (κ3) is 1.68. The average molecular weight is 241 g/mol. The van der Waals surface area contributed by atoms with Gasteiger partial charge in [0.05, 0.1) is 5.69 Å². The molecule has 1 atom stereocenters. The second-order valence-electron chi connectivity index (χ2n) is 3.94. The SMILES string of the molecule is NN1c2[nH]c(=O)ccc2C=NC1c1ccccn1. The molecule has 6 heteroatoms. The maximum absolute atomic E-state index is 11.3. The van der Waals surface area contributed by atoms with E-state index in [0.29, 0.717) is 5.82 Å². The second kappa shape index (κ2) is 4.08. The Balaban J connectivity index is 2.06. The number of hydrazine groups is 1. The Labute approximate surface area is 103 Å². The summed E-state index contributed by atoms with van der Waals surface area (Å²) < 4.78 is 0. The van der Waals surface area contributed by atoms with Gasteiger partial charge in [-0.25, -0.2) is 5.84 Å². The van der Waals surface area contributed by atoms with Gasteiger partial charge in [0.2, 0.25) is 5.56 Å². The van der Waals surface area contributed by atoms with Crippen LogP contribution in [0, 0.1) is 0 Å². The van der Waals surface area contributed by atoms with Crippen LogP contribution in [0.5, 0.6) is 0 Å². The van der Waals surface area contributed by atoms with E-state index in [0.717, 1.165) is 11.3 Å². The summed E-state index contributed by atoms with van der Waals surface area (Å²) in [6.07, 6.45) is 2.95. The summed E-state index contributed by atoms with van der Waals surface area (Å²) in [5.41, 5.74) is 1.31. The molecular formula is C12H11N5O. The highest BCUT2D eigenvalue weighted by molar-refractivity contribution is 5.88. The van der Waals surface area contributed by atoms with E-state index >= 15 is 0 Å². The number of rotatable bonds is 1. The number of hydrogen-bond donors (Lipinski definition) is 2. The number of pyridine rings is 2. The molecule has 1 unspecified atom stereocenters. The number of fused-ring (bicyclic) bond motifs is 1. The Hall–Kier alpha value is -2.47. The first kappa shape index (κ1) is 10.7. The van der Waals surface area contributed by atoms with Gasteiger partial charge in [-0.05, 0) is 18.2 Å². The number of hydrogen-bond acceptors (Lipinski definition) is 5. The minimum absolute atomic E-state index is 0.195. The summed E-state index contributed by atoms with van der Waals surface area (Å²) in [6.45, 7) is 0. The molecule has 1 aliphatic heterocycles. The Kier molecular flexibility index (Phi) is 2.42. The Morgan fingerprint density at radius 1 is 1.28 bits per heavy atom. The molecule has 0 bridgehead atoms. The fourth-order valence-electron chi connectivity index (χ4n) is 1.89. The molecule has 0 fully saturated rings. The van der Waals surface area contributed by atoms with Crippen LogP contribution in [-0.2, 0) is 0 Å². The van der Waals surface area contributed by atoms with E-state index < -0.39 is 6.17 Å². The predicted molar refractivity (Wildman–Crippen MR) is 68.3 cm³/mol. The van der Waals surface area contributed by atoms with Gasteiger partial charge in [-0.3, -0.25) is 19.8 Å². The minimum Gasteiger partial charge on any atom is -0.307 e. The fourth-order valence-corrected chi connectivity index (χ4v) is 1.89. The third-order valence-corrected chi connectivity index (χ3v) is 2.76. The van der Waals surface area contributed by atoms with E-state index in [1.807, 2.05) is 18.2 Å². The first-order valence-electron chi connectivity index (χ1n) is 5.47. The van der Waals surface area contributed by atoms with E-state index in [4.69, 9.17) is 5.84 Å². The van der Waals surface area contributed by atoms with E-state index in [1.165, 1.54) is 11.1 Å². The zero-order chi connectivity index (χ0) is 12.5. The molecule has 0 amide bonds. The number of aromatic nitrogens is 2. The molecule has 1 aliphatic rings. The van der Waals surface area contributed by atoms with Gasteiger partial charge in [0.25, 0.3) is 0 Å². The van der Waals surface area contributed by atoms with Crippen LogP contribution in [0.4, 0.5) is 5.82 Å². The van der Waals surface area contributed by atoms with Gasteiger partial charge in [0.1, 0.15) is 5.82 Å². The number of aliphatic imine (C=N–C) groups is 1. The van der Waals surface area contributed by atoms with Gasteiger partial charge in [-0.2, -0.15) is 0 Å². The van der Waals surface area contributed by atoms with Crippen molar-refractivity contribution in [2.45, 2.75) is 6.17 Å². The van der Waals surface area contributed by atoms with Crippen molar-refractivity contribution < 1.29 is 0 Å². The molecule has 0 aliphatic carbocycles. The average Bonchev–Trinajstić information content (AvgIpc) is 2.41. The van der Waals surface area contributed by atoms with Crippen LogP contribution < -0.4 is 16.4 Å². The van der Waals surface area contributed by atoms with Crippen molar-refractivity contribution in [3.05, 3.63) is 58.1 Å². The smallest absolute Gasteiger partial charge is 0.249 e. The van der Waals surface area contributed by atoms with Crippen molar-refractivity contribution in [1.29, 1.82) is 0 Å². The van der Waals surface area contributed by atoms with E-state index in [1.54, 1.807) is 18.5 Å². The van der Waals surface area contributed by atoms with Crippen LogP contribution in [-0.4, -0.2) is 16.2 Å². The monoisotopic (exact) mass is 241 g/mol. The molecule has 2 aromatic heterocycles. The molecule has 18 heavy (non-hydrogen) atoms. The number of nitrogens with one attached hydrogen (secondary N) is 1. The Morgan fingerprint density at radius 3 is 2.94 bits per heavy atom. The fraction of sp³-hybridized carbons (Fsp3) is 0.0833. The first-order valence-corrected chi connectivity index (χ1v) is 5.47. The van der Waals surface area contributed by atoms with Crippen LogP contribution in [0.3, 0.4) is 0 Å². The van der Waals surface area contributed by atoms with Crippen LogP contribution in [0.2, 0.25) is 0 Å². The third-order valence-electron chi connectivity index (χ3n) is 2.76. The molecule has 90 valence electrons. The molecular weight excluding hydrogens is 230 g/mol. The molecule has 2 aromatic rings. The maximum Gasteiger partial charge on any atom is 0.249 e. The zero-order valence-corrected chi connectivity index (χ0v) is 9.45. The van der Waals surface area contributed by atoms with E-state index in [-0.39, 0.29) is 5.56 Å². The number of nitrogens with two attached hydrogens (primary N) is 1. The zero-order valence-electron chi connectivity index (χ0n) is 9.45. The summed E-state index contributed by atoms with van der Waals surface area (Å²) in [4.78, 5) is 22.6. The van der Waals surface area contributed by atoms with Crippen molar-refractivity contribution in [1.82, 2.24) is 9.97 Å². The summed E-state index contributed by atoms with van der Waals surface area (Å²) in [7, 11) is 0. The van der Waals surface area contributed by atoms with E-state index in [2.05, 4.69) is 15.0 Å². The van der Waals surface area contributed by atoms with Crippen LogP contribution in [0.25, 0.3) is 0 Å². The summed E-state index contributed by atoms with van der Waals surface area (Å²) in [5, 5.41) is 1.42. The molecule has 0 saturated heterocycles. The summed E-state index contributed by atoms with van der Waals surface area (Å²) in [5.74, 6) is 6.55. The maximum atomic E-state index is 11.3. The van der Waals surface area contributed by atoms with Gasteiger partial charge in [0, 0.05) is 24.0 Å². The van der Waals surface area contributed by atoms with Crippen LogP contribution in [0.15, 0.2) is 46.3 Å². The first-order chi connectivity index (χ1) is 8.75. The largest absolute Gasteiger partial charge is 0.307 e. The van der Waals surface area contributed by atoms with Crippen molar-refractivity contribution in [3.8, 4) is 0 Å². The lowest BCUT2D eigenvalue weighted by atomic mass is 10.2. The van der Waals surface area contributed by atoms with Crippen molar-refractivity contribution in [2.24, 2.45) is 10.8 Å². The standard InChI is InChI=1S/C12H11N5O/c13-17-11-8(4-5-10(18)16-11)7-15-12(17)9-3-1-2-6-14-9/h1-7,12H,13H2,(H,16,18). The van der Waals surface area contributed by atoms with Crippen LogP contribution in [0.1, 0.15) is 17.4 Å². The normalized spacial score (nSPS) is 17.6. The molecule has 3 rings (SSSR count). The number of anilines is 1. The number of aromatic amines is 1. The molecule has 0 saturated carbocycles. The van der Waals surface area contributed by atoms with Gasteiger partial charge in [0.15, 0.2) is 6.17 Å². The molecule has 3 heterocycles. The highest BCUT2D eigenvalue weighted by Crippen LogP contribution is 2.27. The summed E-state index contributed by atoms with van der Waals surface area (Å²) >= 11 is 0. The summed E-state index contributed by atoms with van der Waals surface area (Å²) in [6, 6.07) is 8.67. The number of nitrogens with zero attached hydrogens (tertiary/aromatic N) is 3. The lowest BCUT2D eigenvalue weighted by Gasteiger charge is -2.29. The van der Waals surface area contributed by atoms with Gasteiger partial charge < -0.3 is 4.98 Å². The predicted octanol–water partition coefficient (Wildman–Crippen LogP) is 0.581. The minimum atomic E-state index is -0.420. The highest BCUT2D eigenvalue weighted by Gasteiger charge is 2.24. The second-order valence-corrected chi connectivity index (χ2v) is 3.94. The van der Waals surface area contributed by atoms with Crippen molar-refractivity contribution in [2.75, 3.05) is 5.01 Å². The van der Waals surface area contributed by atoms with Gasteiger partial charge in [-0.15, -0.1) is 0 Å². The molecule has 0 spiro atoms. The highest BCUT2D eigenvalue weighted by atomic mass is 16.1. The number of H-pyrrole nitrogens is 1. The molecule has 0 aromatic carbocycles. The van der Waals surface area contributed by atoms with Gasteiger partial charge in [-0.1, -0.05) is 6.07 Å². The van der Waals surface area contributed by atoms with Gasteiger partial charge >= 0.3 is 0 Å². The topological polar surface area (TPSA) is 87.4 Å². The Morgan fingerprint density at radius 2 is 2.17 bits per heavy atom. The Bertz CT molecular complexity index is 649. The van der Waals surface area contributed by atoms with Crippen molar-refractivity contribution >= 4 is 12.0 Å². The van der Waals surface area contributed by atoms with Crippen LogP contribution >= 0.6 is 0 Å². The molecule has 0 radical (unpaired) electrons. The quantitative estimate of drug-likeness (QED) is 0.715. The molecule has 3 N–H and O–H groups in total. The lowest BCUT2D eigenvalue weighted by molar-refractivity contribution is 0.635. The lowest BCUT2D eigenvalue weighted by Crippen LogP contribution is -2.39. The van der Waals surface area contributed by atoms with Crippen molar-refractivity contribution in [3.63, 3.8) is 0 Å². The van der Waals surface area contributed by atoms with E-state index in [9.17, 15) is 4.79 Å². The molecule has 6 nitrogen and oxygen atoms in total.